The number of benzene rings is 1. The SMILES string of the molecule is Oc1ccc([NH+](CCCl)CCCl)c(F)c1. The van der Waals surface area contributed by atoms with E-state index in [0.29, 0.717) is 30.5 Å². The Balaban J connectivity index is 2.89. The second-order valence-electron chi connectivity index (χ2n) is 3.15. The lowest BCUT2D eigenvalue weighted by molar-refractivity contribution is -0.828. The lowest BCUT2D eigenvalue weighted by Crippen LogP contribution is -3.08. The minimum Gasteiger partial charge on any atom is -0.508 e. The van der Waals surface area contributed by atoms with Gasteiger partial charge in [0.15, 0.2) is 11.5 Å². The molecule has 1 rings (SSSR count). The molecule has 0 bridgehead atoms. The van der Waals surface area contributed by atoms with Gasteiger partial charge in [0.05, 0.1) is 24.8 Å². The quantitative estimate of drug-likeness (QED) is 0.603. The third-order valence-corrected chi connectivity index (χ3v) is 2.50. The van der Waals surface area contributed by atoms with Gasteiger partial charge in [0.25, 0.3) is 0 Å². The van der Waals surface area contributed by atoms with E-state index in [2.05, 4.69) is 0 Å². The van der Waals surface area contributed by atoms with Crippen LogP contribution < -0.4 is 4.90 Å². The average molecular weight is 253 g/mol. The smallest absolute Gasteiger partial charge is 0.187 e. The molecule has 5 heteroatoms. The van der Waals surface area contributed by atoms with Gasteiger partial charge in [0.1, 0.15) is 5.75 Å². The van der Waals surface area contributed by atoms with E-state index in [0.717, 1.165) is 11.0 Å². The molecule has 0 atom stereocenters. The average Bonchev–Trinajstić information content (AvgIpc) is 2.17. The molecular formula is C10H13Cl2FNO+. The predicted octanol–water partition coefficient (Wildman–Crippen LogP) is 1.53. The third kappa shape index (κ3) is 3.52. The summed E-state index contributed by atoms with van der Waals surface area (Å²) in [6.07, 6.45) is 0. The van der Waals surface area contributed by atoms with E-state index in [1.54, 1.807) is 6.07 Å². The first-order chi connectivity index (χ1) is 7.19. The van der Waals surface area contributed by atoms with E-state index in [-0.39, 0.29) is 5.75 Å². The van der Waals surface area contributed by atoms with E-state index in [1.165, 1.54) is 6.07 Å². The van der Waals surface area contributed by atoms with Crippen LogP contribution in [0.25, 0.3) is 0 Å². The van der Waals surface area contributed by atoms with Crippen molar-refractivity contribution in [2.45, 2.75) is 0 Å². The maximum absolute atomic E-state index is 13.5. The van der Waals surface area contributed by atoms with Gasteiger partial charge in [-0.25, -0.2) is 4.39 Å². The number of halogens is 3. The van der Waals surface area contributed by atoms with Gasteiger partial charge in [0.2, 0.25) is 0 Å². The summed E-state index contributed by atoms with van der Waals surface area (Å²) >= 11 is 11.3. The zero-order valence-corrected chi connectivity index (χ0v) is 9.65. The topological polar surface area (TPSA) is 24.7 Å². The first-order valence-corrected chi connectivity index (χ1v) is 5.71. The van der Waals surface area contributed by atoms with Crippen molar-refractivity contribution in [3.05, 3.63) is 24.0 Å². The molecule has 2 N–H and O–H groups in total. The van der Waals surface area contributed by atoms with Crippen LogP contribution in [0.3, 0.4) is 0 Å². The molecule has 84 valence electrons. The zero-order valence-electron chi connectivity index (χ0n) is 8.14. The summed E-state index contributed by atoms with van der Waals surface area (Å²) in [5.74, 6) is 0.367. The molecule has 0 amide bonds. The fourth-order valence-electron chi connectivity index (χ4n) is 1.41. The van der Waals surface area contributed by atoms with Crippen LogP contribution in [0.4, 0.5) is 10.1 Å². The number of phenolic OH excluding ortho intramolecular Hbond substituents is 1. The lowest BCUT2D eigenvalue weighted by Gasteiger charge is -2.17. The molecule has 0 spiro atoms. The molecule has 0 aliphatic heterocycles. The molecule has 0 fully saturated rings. The van der Waals surface area contributed by atoms with Gasteiger partial charge < -0.3 is 5.11 Å². The van der Waals surface area contributed by atoms with Crippen molar-refractivity contribution in [2.75, 3.05) is 24.8 Å². The maximum Gasteiger partial charge on any atom is 0.187 e. The Bertz CT molecular complexity index is 316. The summed E-state index contributed by atoms with van der Waals surface area (Å²) in [5.41, 5.74) is 0.495. The van der Waals surface area contributed by atoms with Crippen LogP contribution >= 0.6 is 23.2 Å². The van der Waals surface area contributed by atoms with Crippen LogP contribution in [-0.2, 0) is 0 Å². The number of nitrogens with one attached hydrogen (secondary N) is 1. The molecular weight excluding hydrogens is 240 g/mol. The first-order valence-electron chi connectivity index (χ1n) is 4.64. The Labute approximate surface area is 98.2 Å². The summed E-state index contributed by atoms with van der Waals surface area (Å²) in [5, 5.41) is 9.08. The van der Waals surface area contributed by atoms with Crippen LogP contribution in [0.15, 0.2) is 18.2 Å². The summed E-state index contributed by atoms with van der Waals surface area (Å²) in [4.78, 5) is 0.887. The monoisotopic (exact) mass is 252 g/mol. The zero-order chi connectivity index (χ0) is 11.3. The Morgan fingerprint density at radius 1 is 1.20 bits per heavy atom. The van der Waals surface area contributed by atoms with Crippen LogP contribution in [0.2, 0.25) is 0 Å². The molecule has 0 heterocycles. The first kappa shape index (κ1) is 12.6. The van der Waals surface area contributed by atoms with E-state index in [1.807, 2.05) is 0 Å². The molecule has 0 aromatic heterocycles. The third-order valence-electron chi connectivity index (χ3n) is 2.13. The second-order valence-corrected chi connectivity index (χ2v) is 3.90. The number of hydrogen-bond acceptors (Lipinski definition) is 1. The van der Waals surface area contributed by atoms with Gasteiger partial charge in [-0.05, 0) is 6.07 Å². The lowest BCUT2D eigenvalue weighted by atomic mass is 10.2. The Kier molecular flexibility index (Phi) is 5.15. The summed E-state index contributed by atoms with van der Waals surface area (Å²) in [6.45, 7) is 1.21. The fourth-order valence-corrected chi connectivity index (χ4v) is 1.87. The summed E-state index contributed by atoms with van der Waals surface area (Å²) in [6, 6.07) is 4.11. The summed E-state index contributed by atoms with van der Waals surface area (Å²) < 4.78 is 13.5. The van der Waals surface area contributed by atoms with Crippen molar-refractivity contribution >= 4 is 28.9 Å². The molecule has 1 aromatic carbocycles. The van der Waals surface area contributed by atoms with Gasteiger partial charge in [0, 0.05) is 12.1 Å². The number of quaternary nitrogens is 1. The van der Waals surface area contributed by atoms with Gasteiger partial charge in [-0.2, -0.15) is 0 Å². The summed E-state index contributed by atoms with van der Waals surface area (Å²) in [7, 11) is 0. The molecule has 15 heavy (non-hydrogen) atoms. The molecule has 0 aliphatic rings. The highest BCUT2D eigenvalue weighted by molar-refractivity contribution is 6.18. The van der Waals surface area contributed by atoms with Crippen molar-refractivity contribution in [2.24, 2.45) is 0 Å². The molecule has 0 saturated carbocycles. The van der Waals surface area contributed by atoms with E-state index in [4.69, 9.17) is 28.3 Å². The molecule has 0 unspecified atom stereocenters. The van der Waals surface area contributed by atoms with Crippen LogP contribution in [-0.4, -0.2) is 30.0 Å². The van der Waals surface area contributed by atoms with E-state index in [9.17, 15) is 4.39 Å². The van der Waals surface area contributed by atoms with E-state index < -0.39 is 5.82 Å². The van der Waals surface area contributed by atoms with Crippen molar-refractivity contribution in [3.63, 3.8) is 0 Å². The van der Waals surface area contributed by atoms with Gasteiger partial charge in [-0.1, -0.05) is 0 Å². The van der Waals surface area contributed by atoms with Crippen molar-refractivity contribution in [3.8, 4) is 5.75 Å². The number of hydrogen-bond donors (Lipinski definition) is 2. The number of rotatable bonds is 5. The highest BCUT2D eigenvalue weighted by Gasteiger charge is 2.16. The Morgan fingerprint density at radius 2 is 1.80 bits per heavy atom. The van der Waals surface area contributed by atoms with Crippen LogP contribution in [0.5, 0.6) is 5.75 Å². The minimum atomic E-state index is -0.430. The molecule has 0 aliphatic carbocycles. The van der Waals surface area contributed by atoms with Crippen molar-refractivity contribution in [1.82, 2.24) is 0 Å². The molecule has 0 radical (unpaired) electrons. The molecule has 2 nitrogen and oxygen atoms in total. The van der Waals surface area contributed by atoms with Crippen LogP contribution in [0, 0.1) is 5.82 Å². The fraction of sp³-hybridized carbons (Fsp3) is 0.400. The highest BCUT2D eigenvalue weighted by atomic mass is 35.5. The minimum absolute atomic E-state index is 0.0765. The van der Waals surface area contributed by atoms with Crippen LogP contribution in [0.1, 0.15) is 0 Å². The number of phenols is 1. The second kappa shape index (κ2) is 6.16. The highest BCUT2D eigenvalue weighted by Crippen LogP contribution is 2.16. The Morgan fingerprint density at radius 3 is 2.27 bits per heavy atom. The maximum atomic E-state index is 13.5. The van der Waals surface area contributed by atoms with E-state index >= 15 is 0 Å². The van der Waals surface area contributed by atoms with Gasteiger partial charge >= 0.3 is 0 Å². The molecule has 0 saturated heterocycles. The largest absolute Gasteiger partial charge is 0.508 e. The predicted molar refractivity (Wildman–Crippen MR) is 59.9 cm³/mol. The number of aromatic hydroxyl groups is 1. The van der Waals surface area contributed by atoms with Crippen molar-refractivity contribution < 1.29 is 14.4 Å². The standard InChI is InChI=1S/C10H12Cl2FNO/c11-3-5-14(6-4-12)10-2-1-8(15)7-9(10)13/h1-2,7,15H,3-6H2/p+1. The van der Waals surface area contributed by atoms with Gasteiger partial charge in [-0.3, -0.25) is 4.90 Å². The Hall–Kier alpha value is -0.510. The van der Waals surface area contributed by atoms with Gasteiger partial charge in [-0.15, -0.1) is 23.2 Å². The molecule has 1 aromatic rings. The number of alkyl halides is 2. The normalized spacial score (nSPS) is 10.9. The van der Waals surface area contributed by atoms with Crippen molar-refractivity contribution in [1.29, 1.82) is 0 Å².